The van der Waals surface area contributed by atoms with Crippen LogP contribution in [0.15, 0.2) is 24.3 Å². The molecule has 0 N–H and O–H groups in total. The molecule has 0 aliphatic carbocycles. The number of carbonyl (C=O) groups is 1. The molecule has 0 atom stereocenters. The van der Waals surface area contributed by atoms with Gasteiger partial charge in [-0.1, -0.05) is 11.9 Å². The standard InChI is InChI=1S/C12H15N3O3S/c1-19-14-8-6-13(7-9-14)12(16)10-2-4-11(5-3-10)15(17)18/h2-5H,6-9H2,1H3. The van der Waals surface area contributed by atoms with Crippen LogP contribution in [0.25, 0.3) is 0 Å². The number of non-ortho nitro benzene ring substituents is 1. The van der Waals surface area contributed by atoms with Crippen molar-refractivity contribution in [3.63, 3.8) is 0 Å². The summed E-state index contributed by atoms with van der Waals surface area (Å²) in [6.45, 7) is 3.08. The van der Waals surface area contributed by atoms with Crippen molar-refractivity contribution in [1.82, 2.24) is 9.21 Å². The third-order valence-corrected chi connectivity index (χ3v) is 3.99. The second-order valence-corrected chi connectivity index (χ2v) is 5.09. The van der Waals surface area contributed by atoms with E-state index in [0.717, 1.165) is 13.1 Å². The minimum Gasteiger partial charge on any atom is -0.336 e. The van der Waals surface area contributed by atoms with Gasteiger partial charge >= 0.3 is 0 Å². The number of nitrogens with zero attached hydrogens (tertiary/aromatic N) is 3. The van der Waals surface area contributed by atoms with Crippen molar-refractivity contribution in [3.05, 3.63) is 39.9 Å². The summed E-state index contributed by atoms with van der Waals surface area (Å²) in [5.74, 6) is -0.0596. The van der Waals surface area contributed by atoms with Gasteiger partial charge in [-0.3, -0.25) is 14.9 Å². The van der Waals surface area contributed by atoms with Crippen LogP contribution in [0, 0.1) is 10.1 Å². The maximum absolute atomic E-state index is 12.2. The van der Waals surface area contributed by atoms with Crippen LogP contribution in [0.5, 0.6) is 0 Å². The SMILES string of the molecule is CSN1CCN(C(=O)c2ccc([N+](=O)[O-])cc2)CC1. The van der Waals surface area contributed by atoms with Gasteiger partial charge in [0.15, 0.2) is 0 Å². The largest absolute Gasteiger partial charge is 0.336 e. The molecule has 2 rings (SSSR count). The molecule has 102 valence electrons. The monoisotopic (exact) mass is 281 g/mol. The number of nitro benzene ring substituents is 1. The molecule has 0 saturated carbocycles. The van der Waals surface area contributed by atoms with E-state index in [2.05, 4.69) is 4.31 Å². The second kappa shape index (κ2) is 6.03. The highest BCUT2D eigenvalue weighted by molar-refractivity contribution is 7.96. The third kappa shape index (κ3) is 3.24. The van der Waals surface area contributed by atoms with Gasteiger partial charge in [0.1, 0.15) is 0 Å². The number of nitro groups is 1. The topological polar surface area (TPSA) is 66.7 Å². The van der Waals surface area contributed by atoms with Crippen molar-refractivity contribution in [2.45, 2.75) is 0 Å². The molecule has 0 bridgehead atoms. The van der Waals surface area contributed by atoms with Crippen LogP contribution >= 0.6 is 11.9 Å². The highest BCUT2D eigenvalue weighted by Gasteiger charge is 2.22. The molecule has 1 aromatic carbocycles. The van der Waals surface area contributed by atoms with Crippen molar-refractivity contribution in [3.8, 4) is 0 Å². The number of hydrogen-bond donors (Lipinski definition) is 0. The average Bonchev–Trinajstić information content (AvgIpc) is 2.46. The van der Waals surface area contributed by atoms with Gasteiger partial charge in [0.2, 0.25) is 0 Å². The summed E-state index contributed by atoms with van der Waals surface area (Å²) >= 11 is 1.68. The van der Waals surface area contributed by atoms with Gasteiger partial charge in [0, 0.05) is 43.9 Å². The van der Waals surface area contributed by atoms with Crippen LogP contribution < -0.4 is 0 Å². The van der Waals surface area contributed by atoms with Gasteiger partial charge < -0.3 is 4.90 Å². The Morgan fingerprint density at radius 3 is 2.26 bits per heavy atom. The molecule has 0 spiro atoms. The normalized spacial score (nSPS) is 16.4. The highest BCUT2D eigenvalue weighted by atomic mass is 32.2. The molecule has 19 heavy (non-hydrogen) atoms. The first-order valence-electron chi connectivity index (χ1n) is 5.94. The zero-order chi connectivity index (χ0) is 13.8. The summed E-state index contributed by atoms with van der Waals surface area (Å²) in [5, 5.41) is 10.6. The van der Waals surface area contributed by atoms with E-state index in [0.29, 0.717) is 18.7 Å². The number of benzene rings is 1. The third-order valence-electron chi connectivity index (χ3n) is 3.11. The van der Waals surface area contributed by atoms with Gasteiger partial charge in [0.05, 0.1) is 4.92 Å². The number of piperazine rings is 1. The number of amides is 1. The fraction of sp³-hybridized carbons (Fsp3) is 0.417. The molecule has 1 aromatic rings. The molecular formula is C12H15N3O3S. The van der Waals surface area contributed by atoms with Crippen LogP contribution in [-0.4, -0.2) is 52.5 Å². The minimum absolute atomic E-state index is 0.00347. The summed E-state index contributed by atoms with van der Waals surface area (Å²) in [6.07, 6.45) is 2.02. The van der Waals surface area contributed by atoms with Crippen LogP contribution in [0.3, 0.4) is 0 Å². The fourth-order valence-electron chi connectivity index (χ4n) is 1.98. The zero-order valence-corrected chi connectivity index (χ0v) is 11.4. The minimum atomic E-state index is -0.467. The van der Waals surface area contributed by atoms with E-state index in [1.807, 2.05) is 6.26 Å². The van der Waals surface area contributed by atoms with Gasteiger partial charge in [-0.15, -0.1) is 0 Å². The van der Waals surface area contributed by atoms with Crippen LogP contribution in [0.1, 0.15) is 10.4 Å². The summed E-state index contributed by atoms with van der Waals surface area (Å²) in [4.78, 5) is 24.1. The molecule has 0 radical (unpaired) electrons. The Bertz CT molecular complexity index is 470. The van der Waals surface area contributed by atoms with Crippen LogP contribution in [-0.2, 0) is 0 Å². The van der Waals surface area contributed by atoms with E-state index in [9.17, 15) is 14.9 Å². The van der Waals surface area contributed by atoms with Crippen LogP contribution in [0.4, 0.5) is 5.69 Å². The lowest BCUT2D eigenvalue weighted by molar-refractivity contribution is -0.384. The predicted octanol–water partition coefficient (Wildman–Crippen LogP) is 1.63. The first kappa shape index (κ1) is 13.8. The highest BCUT2D eigenvalue weighted by Crippen LogP contribution is 2.16. The van der Waals surface area contributed by atoms with Crippen molar-refractivity contribution >= 4 is 23.5 Å². The summed E-state index contributed by atoms with van der Waals surface area (Å²) in [7, 11) is 0. The number of hydrogen-bond acceptors (Lipinski definition) is 5. The van der Waals surface area contributed by atoms with Gasteiger partial charge in [0.25, 0.3) is 11.6 Å². The lowest BCUT2D eigenvalue weighted by atomic mass is 10.1. The Morgan fingerprint density at radius 2 is 1.79 bits per heavy atom. The quantitative estimate of drug-likeness (QED) is 0.478. The molecule has 1 saturated heterocycles. The maximum atomic E-state index is 12.2. The fourth-order valence-corrected chi connectivity index (χ4v) is 2.51. The molecule has 1 fully saturated rings. The smallest absolute Gasteiger partial charge is 0.269 e. The summed E-state index contributed by atoms with van der Waals surface area (Å²) in [5.41, 5.74) is 0.506. The van der Waals surface area contributed by atoms with E-state index in [1.165, 1.54) is 24.3 Å². The molecule has 1 aliphatic heterocycles. The van der Waals surface area contributed by atoms with Gasteiger partial charge in [-0.2, -0.15) is 0 Å². The predicted molar refractivity (Wildman–Crippen MR) is 74.1 cm³/mol. The second-order valence-electron chi connectivity index (χ2n) is 4.21. The van der Waals surface area contributed by atoms with E-state index in [4.69, 9.17) is 0 Å². The van der Waals surface area contributed by atoms with E-state index in [-0.39, 0.29) is 11.6 Å². The number of rotatable bonds is 3. The Balaban J connectivity index is 2.02. The molecule has 7 heteroatoms. The van der Waals surface area contributed by atoms with E-state index < -0.39 is 4.92 Å². The zero-order valence-electron chi connectivity index (χ0n) is 10.6. The van der Waals surface area contributed by atoms with Gasteiger partial charge in [-0.25, -0.2) is 4.31 Å². The van der Waals surface area contributed by atoms with Crippen molar-refractivity contribution in [2.24, 2.45) is 0 Å². The lowest BCUT2D eigenvalue weighted by Gasteiger charge is -2.33. The summed E-state index contributed by atoms with van der Waals surface area (Å²) in [6, 6.07) is 5.76. The van der Waals surface area contributed by atoms with Crippen molar-refractivity contribution in [2.75, 3.05) is 32.4 Å². The Kier molecular flexibility index (Phi) is 4.39. The summed E-state index contributed by atoms with van der Waals surface area (Å²) < 4.78 is 2.21. The Morgan fingerprint density at radius 1 is 1.21 bits per heavy atom. The first-order chi connectivity index (χ1) is 9.11. The Hall–Kier alpha value is -1.60. The molecule has 1 amide bonds. The average molecular weight is 281 g/mol. The maximum Gasteiger partial charge on any atom is 0.269 e. The molecule has 0 aromatic heterocycles. The first-order valence-corrected chi connectivity index (χ1v) is 7.13. The van der Waals surface area contributed by atoms with Crippen molar-refractivity contribution < 1.29 is 9.72 Å². The van der Waals surface area contributed by atoms with Crippen molar-refractivity contribution in [1.29, 1.82) is 0 Å². The molecule has 1 aliphatic rings. The van der Waals surface area contributed by atoms with Crippen LogP contribution in [0.2, 0.25) is 0 Å². The lowest BCUT2D eigenvalue weighted by Crippen LogP contribution is -2.46. The molecule has 0 unspecified atom stereocenters. The molecular weight excluding hydrogens is 266 g/mol. The van der Waals surface area contributed by atoms with E-state index >= 15 is 0 Å². The molecule has 6 nitrogen and oxygen atoms in total. The van der Waals surface area contributed by atoms with E-state index in [1.54, 1.807) is 16.8 Å². The Labute approximate surface area is 115 Å². The molecule has 1 heterocycles. The number of carbonyl (C=O) groups excluding carboxylic acids is 1. The van der Waals surface area contributed by atoms with Gasteiger partial charge in [-0.05, 0) is 18.4 Å².